The quantitative estimate of drug-likeness (QED) is 0.411. The minimum Gasteiger partial charge on any atom is -0.491 e. The van der Waals surface area contributed by atoms with Gasteiger partial charge in [-0.1, -0.05) is 0 Å². The van der Waals surface area contributed by atoms with Gasteiger partial charge in [-0.15, -0.1) is 0 Å². The molecule has 0 fully saturated rings. The van der Waals surface area contributed by atoms with E-state index in [1.54, 1.807) is 7.11 Å². The van der Waals surface area contributed by atoms with E-state index in [1.165, 1.54) is 25.3 Å². The van der Waals surface area contributed by atoms with Crippen LogP contribution in [-0.4, -0.2) is 39.9 Å². The van der Waals surface area contributed by atoms with E-state index >= 15 is 0 Å². The lowest BCUT2D eigenvalue weighted by Crippen LogP contribution is -2.07. The molecule has 0 bridgehead atoms. The van der Waals surface area contributed by atoms with Crippen molar-refractivity contribution >= 4 is 12.4 Å². The van der Waals surface area contributed by atoms with Crippen LogP contribution in [0.25, 0.3) is 0 Å². The number of rotatable bonds is 7. The summed E-state index contributed by atoms with van der Waals surface area (Å²) in [7, 11) is 2.82. The van der Waals surface area contributed by atoms with E-state index in [0.29, 0.717) is 19.0 Å². The number of carbonyl (C=O) groups is 2. The fourth-order valence-electron chi connectivity index (χ4n) is 1.26. The van der Waals surface area contributed by atoms with E-state index in [0.717, 1.165) is 0 Å². The van der Waals surface area contributed by atoms with Crippen LogP contribution in [-0.2, 0) is 14.3 Å². The fraction of sp³-hybridized carbons (Fsp3) is 0.333. The Balaban J connectivity index is 2.90. The summed E-state index contributed by atoms with van der Waals surface area (Å²) in [6, 6.07) is 4.39. The number of esters is 1. The molecule has 0 aliphatic rings. The maximum Gasteiger partial charge on any atom is 0.338 e. The minimum absolute atomic E-state index is 0.209. The number of carbonyl (C=O) groups excluding carboxylic acids is 2. The van der Waals surface area contributed by atoms with Gasteiger partial charge in [-0.25, -0.2) is 4.79 Å². The normalized spacial score (nSPS) is 9.67. The van der Waals surface area contributed by atoms with Crippen molar-refractivity contribution < 1.29 is 28.5 Å². The van der Waals surface area contributed by atoms with Gasteiger partial charge < -0.3 is 18.9 Å². The van der Waals surface area contributed by atoms with Crippen molar-refractivity contribution in [2.75, 3.05) is 27.4 Å². The van der Waals surface area contributed by atoms with Gasteiger partial charge in [0.25, 0.3) is 6.47 Å². The molecule has 6 nitrogen and oxygen atoms in total. The molecule has 0 heterocycles. The largest absolute Gasteiger partial charge is 0.491 e. The number of methoxy groups -OCH3 is 2. The van der Waals surface area contributed by atoms with E-state index in [1.807, 2.05) is 0 Å². The van der Waals surface area contributed by atoms with Gasteiger partial charge in [-0.2, -0.15) is 0 Å². The van der Waals surface area contributed by atoms with Crippen molar-refractivity contribution in [3.8, 4) is 11.5 Å². The summed E-state index contributed by atoms with van der Waals surface area (Å²) in [4.78, 5) is 21.7. The van der Waals surface area contributed by atoms with Crippen LogP contribution in [0, 0.1) is 0 Å². The molecule has 1 aromatic carbocycles. The van der Waals surface area contributed by atoms with Gasteiger partial charge in [0.2, 0.25) is 0 Å². The van der Waals surface area contributed by atoms with E-state index < -0.39 is 5.97 Å². The van der Waals surface area contributed by atoms with Gasteiger partial charge in [0, 0.05) is 13.2 Å². The summed E-state index contributed by atoms with van der Waals surface area (Å²) < 4.78 is 19.5. The molecule has 0 unspecified atom stereocenters. The van der Waals surface area contributed by atoms with Crippen molar-refractivity contribution in [1.29, 1.82) is 0 Å². The summed E-state index contributed by atoms with van der Waals surface area (Å²) in [6.07, 6.45) is 0. The predicted octanol–water partition coefficient (Wildman–Crippen LogP) is 1.03. The first-order valence-electron chi connectivity index (χ1n) is 5.16. The van der Waals surface area contributed by atoms with Crippen LogP contribution in [0.15, 0.2) is 18.2 Å². The van der Waals surface area contributed by atoms with E-state index in [-0.39, 0.29) is 17.8 Å². The topological polar surface area (TPSA) is 71.1 Å². The molecule has 1 rings (SSSR count). The molecule has 0 saturated carbocycles. The van der Waals surface area contributed by atoms with Gasteiger partial charge >= 0.3 is 5.97 Å². The molecule has 18 heavy (non-hydrogen) atoms. The Hall–Kier alpha value is -2.08. The van der Waals surface area contributed by atoms with Gasteiger partial charge in [0.05, 0.1) is 19.3 Å². The third-order valence-electron chi connectivity index (χ3n) is 2.04. The van der Waals surface area contributed by atoms with Crippen molar-refractivity contribution in [2.45, 2.75) is 0 Å². The van der Waals surface area contributed by atoms with E-state index in [9.17, 15) is 9.59 Å². The molecule has 0 amide bonds. The second-order valence-corrected chi connectivity index (χ2v) is 3.24. The van der Waals surface area contributed by atoms with Gasteiger partial charge in [-0.3, -0.25) is 4.79 Å². The highest BCUT2D eigenvalue weighted by atomic mass is 16.5. The van der Waals surface area contributed by atoms with Crippen molar-refractivity contribution in [1.82, 2.24) is 0 Å². The van der Waals surface area contributed by atoms with Gasteiger partial charge in [-0.05, 0) is 12.1 Å². The Morgan fingerprint density at radius 2 is 1.89 bits per heavy atom. The van der Waals surface area contributed by atoms with Gasteiger partial charge in [0.15, 0.2) is 0 Å². The molecular formula is C12H14O6. The number of benzene rings is 1. The summed E-state index contributed by atoms with van der Waals surface area (Å²) in [5, 5.41) is 0. The molecule has 0 aliphatic carbocycles. The highest BCUT2D eigenvalue weighted by Crippen LogP contribution is 2.23. The van der Waals surface area contributed by atoms with Crippen LogP contribution < -0.4 is 9.47 Å². The average Bonchev–Trinajstić information content (AvgIpc) is 2.38. The van der Waals surface area contributed by atoms with Gasteiger partial charge in [0.1, 0.15) is 18.1 Å². The Bertz CT molecular complexity index is 415. The lowest BCUT2D eigenvalue weighted by Gasteiger charge is -2.09. The van der Waals surface area contributed by atoms with Crippen LogP contribution >= 0.6 is 0 Å². The van der Waals surface area contributed by atoms with Crippen LogP contribution in [0.4, 0.5) is 0 Å². The smallest absolute Gasteiger partial charge is 0.338 e. The van der Waals surface area contributed by atoms with E-state index in [2.05, 4.69) is 9.47 Å². The summed E-state index contributed by atoms with van der Waals surface area (Å²) in [5.41, 5.74) is 0.240. The van der Waals surface area contributed by atoms with E-state index in [4.69, 9.17) is 9.47 Å². The summed E-state index contributed by atoms with van der Waals surface area (Å²) in [6.45, 7) is 1.00. The molecule has 0 radical (unpaired) electrons. The third kappa shape index (κ3) is 4.06. The lowest BCUT2D eigenvalue weighted by molar-refractivity contribution is -0.120. The maximum atomic E-state index is 11.4. The van der Waals surface area contributed by atoms with Crippen molar-refractivity contribution in [3.63, 3.8) is 0 Å². The standard InChI is InChI=1S/C12H14O6/c1-15-3-4-17-10-5-9(12(14)16-2)6-11(7-10)18-8-13/h5-8H,3-4H2,1-2H3. The SMILES string of the molecule is COCCOc1cc(OC=O)cc(C(=O)OC)c1. The van der Waals surface area contributed by atoms with Crippen LogP contribution in [0.3, 0.4) is 0 Å². The molecule has 98 valence electrons. The first-order chi connectivity index (χ1) is 8.71. The van der Waals surface area contributed by atoms with Crippen LogP contribution in [0.5, 0.6) is 11.5 Å². The first kappa shape index (κ1) is 14.0. The second kappa shape index (κ2) is 7.29. The molecule has 0 aromatic heterocycles. The monoisotopic (exact) mass is 254 g/mol. The Morgan fingerprint density at radius 1 is 1.17 bits per heavy atom. The maximum absolute atomic E-state index is 11.4. The third-order valence-corrected chi connectivity index (χ3v) is 2.04. The molecule has 0 saturated heterocycles. The zero-order valence-corrected chi connectivity index (χ0v) is 10.2. The molecule has 0 atom stereocenters. The zero-order chi connectivity index (χ0) is 13.4. The molecule has 0 N–H and O–H groups in total. The zero-order valence-electron chi connectivity index (χ0n) is 10.2. The predicted molar refractivity (Wildman–Crippen MR) is 61.8 cm³/mol. The average molecular weight is 254 g/mol. The number of ether oxygens (including phenoxy) is 4. The molecule has 6 heteroatoms. The Morgan fingerprint density at radius 3 is 2.50 bits per heavy atom. The molecule has 0 aliphatic heterocycles. The molecule has 1 aromatic rings. The first-order valence-corrected chi connectivity index (χ1v) is 5.16. The molecule has 0 spiro atoms. The minimum atomic E-state index is -0.539. The highest BCUT2D eigenvalue weighted by Gasteiger charge is 2.10. The van der Waals surface area contributed by atoms with Crippen LogP contribution in [0.2, 0.25) is 0 Å². The Kier molecular flexibility index (Phi) is 5.66. The van der Waals surface area contributed by atoms with Crippen molar-refractivity contribution in [2.24, 2.45) is 0 Å². The summed E-state index contributed by atoms with van der Waals surface area (Å²) in [5.74, 6) is 0.0649. The molecular weight excluding hydrogens is 240 g/mol. The number of hydrogen-bond donors (Lipinski definition) is 0. The highest BCUT2D eigenvalue weighted by molar-refractivity contribution is 5.90. The summed E-state index contributed by atoms with van der Waals surface area (Å²) >= 11 is 0. The van der Waals surface area contributed by atoms with Crippen LogP contribution in [0.1, 0.15) is 10.4 Å². The second-order valence-electron chi connectivity index (χ2n) is 3.24. The Labute approximate surface area is 104 Å². The lowest BCUT2D eigenvalue weighted by atomic mass is 10.2. The number of hydrogen-bond acceptors (Lipinski definition) is 6. The van der Waals surface area contributed by atoms with Crippen molar-refractivity contribution in [3.05, 3.63) is 23.8 Å². The fourth-order valence-corrected chi connectivity index (χ4v) is 1.26.